The number of rotatable bonds is 8. The van der Waals surface area contributed by atoms with Gasteiger partial charge in [0.2, 0.25) is 5.91 Å². The van der Waals surface area contributed by atoms with Gasteiger partial charge in [-0.15, -0.1) is 0 Å². The van der Waals surface area contributed by atoms with Crippen molar-refractivity contribution in [1.29, 1.82) is 0 Å². The Labute approximate surface area is 251 Å². The van der Waals surface area contributed by atoms with E-state index in [1.807, 2.05) is 86.3 Å². The third kappa shape index (κ3) is 6.28. The van der Waals surface area contributed by atoms with Crippen LogP contribution >= 0.6 is 0 Å². The van der Waals surface area contributed by atoms with Gasteiger partial charge in [-0.05, 0) is 93.3 Å². The number of benzene rings is 3. The third-order valence-electron chi connectivity index (χ3n) is 8.33. The van der Waals surface area contributed by atoms with E-state index in [2.05, 4.69) is 10.3 Å². The number of aromatic nitrogens is 1. The molecule has 3 aromatic carbocycles. The van der Waals surface area contributed by atoms with Crippen LogP contribution in [-0.2, 0) is 16.1 Å². The van der Waals surface area contributed by atoms with E-state index >= 15 is 0 Å². The predicted molar refractivity (Wildman–Crippen MR) is 166 cm³/mol. The maximum absolute atomic E-state index is 13.0. The average Bonchev–Trinajstić information content (AvgIpc) is 3.63. The number of hydrogen-bond donors (Lipinski definition) is 3. The van der Waals surface area contributed by atoms with Crippen LogP contribution in [0.3, 0.4) is 0 Å². The highest BCUT2D eigenvalue weighted by atomic mass is 16.6. The number of nitrogens with one attached hydrogen (secondary N) is 2. The van der Waals surface area contributed by atoms with Crippen molar-refractivity contribution in [3.8, 4) is 11.3 Å². The molecule has 2 atom stereocenters. The van der Waals surface area contributed by atoms with Crippen molar-refractivity contribution in [1.82, 2.24) is 9.88 Å². The molecule has 0 aliphatic heterocycles. The number of hydrogen-bond acceptors (Lipinski definition) is 4. The second-order valence-electron chi connectivity index (χ2n) is 12.7. The number of aromatic amines is 1. The maximum atomic E-state index is 13.0. The number of fused-ring (bicyclic) bond motifs is 1. The molecule has 2 fully saturated rings. The van der Waals surface area contributed by atoms with Crippen LogP contribution < -0.4 is 5.32 Å². The Morgan fingerprint density at radius 1 is 1.00 bits per heavy atom. The number of aromatic carboxylic acids is 1. The van der Waals surface area contributed by atoms with Gasteiger partial charge in [-0.2, -0.15) is 0 Å². The Morgan fingerprint density at radius 2 is 1.77 bits per heavy atom. The number of anilines is 1. The predicted octanol–water partition coefficient (Wildman–Crippen LogP) is 7.56. The quantitative estimate of drug-likeness (QED) is 0.199. The Morgan fingerprint density at radius 3 is 2.44 bits per heavy atom. The molecule has 222 valence electrons. The van der Waals surface area contributed by atoms with Crippen LogP contribution in [0.2, 0.25) is 0 Å². The summed E-state index contributed by atoms with van der Waals surface area (Å²) >= 11 is 0. The lowest BCUT2D eigenvalue weighted by atomic mass is 9.91. The third-order valence-corrected chi connectivity index (χ3v) is 8.33. The van der Waals surface area contributed by atoms with Crippen molar-refractivity contribution in [3.05, 3.63) is 89.5 Å². The first kappa shape index (κ1) is 28.5. The molecule has 0 radical (unpaired) electrons. The molecule has 0 saturated heterocycles. The summed E-state index contributed by atoms with van der Waals surface area (Å²) in [5.74, 6) is -1.12. The highest BCUT2D eigenvalue weighted by Gasteiger charge is 2.44. The molecule has 8 nitrogen and oxygen atoms in total. The minimum atomic E-state index is -1.07. The number of carboxylic acids is 1. The monoisotopic (exact) mass is 579 g/mol. The van der Waals surface area contributed by atoms with Crippen LogP contribution in [0.1, 0.15) is 73.9 Å². The first-order valence-corrected chi connectivity index (χ1v) is 14.9. The van der Waals surface area contributed by atoms with Gasteiger partial charge >= 0.3 is 12.1 Å². The number of carbonyl (C=O) groups is 3. The van der Waals surface area contributed by atoms with Gasteiger partial charge in [0.15, 0.2) is 0 Å². The number of carboxylic acid groups (broad SMARTS) is 1. The zero-order chi connectivity index (χ0) is 30.3. The second kappa shape index (κ2) is 11.2. The van der Waals surface area contributed by atoms with E-state index in [1.165, 1.54) is 6.07 Å². The topological polar surface area (TPSA) is 112 Å². The number of amides is 2. The van der Waals surface area contributed by atoms with Crippen molar-refractivity contribution >= 4 is 34.6 Å². The van der Waals surface area contributed by atoms with E-state index in [-0.39, 0.29) is 35.4 Å². The summed E-state index contributed by atoms with van der Waals surface area (Å²) < 4.78 is 5.70. The Bertz CT molecular complexity index is 1680. The van der Waals surface area contributed by atoms with Crippen molar-refractivity contribution in [2.75, 3.05) is 5.32 Å². The molecular formula is C35H37N3O5. The lowest BCUT2D eigenvalue weighted by Crippen LogP contribution is -2.46. The fraction of sp³-hybridized carbons (Fsp3) is 0.343. The molecule has 6 rings (SSSR count). The molecule has 2 aliphatic rings. The van der Waals surface area contributed by atoms with Gasteiger partial charge in [-0.3, -0.25) is 4.79 Å². The van der Waals surface area contributed by atoms with E-state index in [9.17, 15) is 19.5 Å². The van der Waals surface area contributed by atoms with Crippen LogP contribution in [-0.4, -0.2) is 44.6 Å². The summed E-state index contributed by atoms with van der Waals surface area (Å²) in [6.07, 6.45) is 3.49. The number of carbonyl (C=O) groups excluding carboxylic acids is 2. The van der Waals surface area contributed by atoms with Crippen molar-refractivity contribution in [2.24, 2.45) is 5.92 Å². The lowest BCUT2D eigenvalue weighted by molar-refractivity contribution is -0.117. The molecule has 2 unspecified atom stereocenters. The van der Waals surface area contributed by atoms with Gasteiger partial charge in [-0.25, -0.2) is 9.59 Å². The Kier molecular flexibility index (Phi) is 7.46. The van der Waals surface area contributed by atoms with Gasteiger partial charge in [0.1, 0.15) is 5.60 Å². The van der Waals surface area contributed by atoms with E-state index in [0.717, 1.165) is 48.1 Å². The molecule has 2 aliphatic carbocycles. The summed E-state index contributed by atoms with van der Waals surface area (Å²) in [5.41, 5.74) is 4.33. The molecule has 8 heteroatoms. The van der Waals surface area contributed by atoms with Crippen LogP contribution in [0.25, 0.3) is 22.2 Å². The largest absolute Gasteiger partial charge is 0.478 e. The Balaban J connectivity index is 1.23. The molecule has 43 heavy (non-hydrogen) atoms. The fourth-order valence-electron chi connectivity index (χ4n) is 5.83. The molecule has 1 aromatic heterocycles. The highest BCUT2D eigenvalue weighted by Crippen LogP contribution is 2.48. The number of H-pyrrole nitrogens is 1. The van der Waals surface area contributed by atoms with Crippen molar-refractivity contribution < 1.29 is 24.2 Å². The van der Waals surface area contributed by atoms with Gasteiger partial charge < -0.3 is 25.0 Å². The minimum absolute atomic E-state index is 0.106. The maximum Gasteiger partial charge on any atom is 0.410 e. The molecule has 4 aromatic rings. The SMILES string of the molecule is CC(C)(C)OC(=O)N(Cc1cccc(-c2cc3c(C(=O)O)cc(NC(=O)C4CC4c4ccccc4)cc3[nH]2)c1)C1CCC1. The van der Waals surface area contributed by atoms with Gasteiger partial charge in [0.25, 0.3) is 0 Å². The van der Waals surface area contributed by atoms with Crippen LogP contribution in [0.5, 0.6) is 0 Å². The number of ether oxygens (including phenoxy) is 1. The summed E-state index contributed by atoms with van der Waals surface area (Å²) in [6.45, 7) is 6.04. The lowest BCUT2D eigenvalue weighted by Gasteiger charge is -2.38. The van der Waals surface area contributed by atoms with Gasteiger partial charge in [-0.1, -0.05) is 48.5 Å². The van der Waals surface area contributed by atoms with Gasteiger partial charge in [0, 0.05) is 40.8 Å². The molecule has 2 amide bonds. The number of nitrogens with zero attached hydrogens (tertiary/aromatic N) is 1. The van der Waals surface area contributed by atoms with E-state index in [0.29, 0.717) is 23.1 Å². The standard InChI is InChI=1S/C35H37N3O5/c1-35(2,3)43-34(42)38(25-13-8-14-25)20-21-9-7-12-23(15-21)30-19-27-29(33(40)41)16-24(17-31(27)37-30)36-32(39)28-18-26(28)22-10-5-4-6-11-22/h4-7,9-12,15-17,19,25-26,28,37H,8,13-14,18,20H2,1-3H3,(H,36,39)(H,40,41). The fourth-order valence-corrected chi connectivity index (χ4v) is 5.83. The molecule has 3 N–H and O–H groups in total. The zero-order valence-corrected chi connectivity index (χ0v) is 24.7. The van der Waals surface area contributed by atoms with E-state index in [1.54, 1.807) is 6.07 Å². The summed E-state index contributed by atoms with van der Waals surface area (Å²) in [4.78, 5) is 43.5. The average molecular weight is 580 g/mol. The summed E-state index contributed by atoms with van der Waals surface area (Å²) in [7, 11) is 0. The van der Waals surface area contributed by atoms with E-state index in [4.69, 9.17) is 4.74 Å². The first-order valence-electron chi connectivity index (χ1n) is 14.9. The van der Waals surface area contributed by atoms with Crippen LogP contribution in [0.4, 0.5) is 10.5 Å². The molecule has 0 bridgehead atoms. The minimum Gasteiger partial charge on any atom is -0.478 e. The van der Waals surface area contributed by atoms with Crippen molar-refractivity contribution in [3.63, 3.8) is 0 Å². The molecule has 2 saturated carbocycles. The summed E-state index contributed by atoms with van der Waals surface area (Å²) in [5, 5.41) is 13.5. The molecule has 0 spiro atoms. The van der Waals surface area contributed by atoms with Crippen LogP contribution in [0.15, 0.2) is 72.8 Å². The van der Waals surface area contributed by atoms with E-state index < -0.39 is 11.6 Å². The summed E-state index contributed by atoms with van der Waals surface area (Å²) in [6, 6.07) is 23.2. The molecular weight excluding hydrogens is 542 g/mol. The highest BCUT2D eigenvalue weighted by molar-refractivity contribution is 6.07. The second-order valence-corrected chi connectivity index (χ2v) is 12.7. The smallest absolute Gasteiger partial charge is 0.410 e. The Hall–Kier alpha value is -4.59. The van der Waals surface area contributed by atoms with Gasteiger partial charge in [0.05, 0.1) is 5.56 Å². The van der Waals surface area contributed by atoms with Crippen molar-refractivity contribution in [2.45, 2.75) is 70.6 Å². The normalized spacial score (nSPS) is 18.1. The molecule has 1 heterocycles. The zero-order valence-electron chi connectivity index (χ0n) is 24.7. The van der Waals surface area contributed by atoms with Crippen LogP contribution in [0, 0.1) is 5.92 Å². The first-order chi connectivity index (χ1) is 20.6.